The van der Waals surface area contributed by atoms with Crippen LogP contribution in [0.2, 0.25) is 0 Å². The Bertz CT molecular complexity index is 1170. The first-order valence-corrected chi connectivity index (χ1v) is 11.0. The topological polar surface area (TPSA) is 166 Å². The molecule has 184 valence electrons. The van der Waals surface area contributed by atoms with Crippen LogP contribution in [-0.2, 0) is 16.5 Å². The predicted octanol–water partition coefficient (Wildman–Crippen LogP) is 0.0186. The molecule has 2 aromatic heterocycles. The Kier molecular flexibility index (Phi) is 7.35. The summed E-state index contributed by atoms with van der Waals surface area (Å²) in [7, 11) is 1.64. The van der Waals surface area contributed by atoms with Crippen LogP contribution in [0, 0.1) is 0 Å². The SMILES string of the molecule is Cn1cc2c(n1)C(=O)NCC1CN(CCO1)C(=O)OCCN=CC(=CN)c1cccc(n1)C(=O)N2. The van der Waals surface area contributed by atoms with Crippen LogP contribution < -0.4 is 16.4 Å². The number of rotatable bonds is 0. The van der Waals surface area contributed by atoms with Gasteiger partial charge < -0.3 is 30.7 Å². The summed E-state index contributed by atoms with van der Waals surface area (Å²) in [6.07, 6.45) is 3.45. The number of hydrogen-bond donors (Lipinski definition) is 3. The zero-order chi connectivity index (χ0) is 24.8. The van der Waals surface area contributed by atoms with Gasteiger partial charge in [-0.05, 0) is 12.1 Å². The van der Waals surface area contributed by atoms with Gasteiger partial charge in [0.1, 0.15) is 12.3 Å². The van der Waals surface area contributed by atoms with Crippen LogP contribution in [-0.4, -0.2) is 89.3 Å². The number of cyclic esters (lactones) is 1. The molecule has 3 amide bonds. The second-order valence-electron chi connectivity index (χ2n) is 7.85. The average Bonchev–Trinajstić information content (AvgIpc) is 3.24. The van der Waals surface area contributed by atoms with Crippen molar-refractivity contribution < 1.29 is 23.9 Å². The van der Waals surface area contributed by atoms with Gasteiger partial charge in [0.05, 0.1) is 37.2 Å². The Morgan fingerprint density at radius 1 is 1.17 bits per heavy atom. The number of aromatic nitrogens is 3. The molecule has 0 saturated carbocycles. The fraction of sp³-hybridized carbons (Fsp3) is 0.364. The maximum atomic E-state index is 12.9. The van der Waals surface area contributed by atoms with E-state index in [0.29, 0.717) is 24.4 Å². The minimum Gasteiger partial charge on any atom is -0.447 e. The number of nitrogens with one attached hydrogen (secondary N) is 2. The molecule has 4 N–H and O–H groups in total. The quantitative estimate of drug-likeness (QED) is 0.472. The summed E-state index contributed by atoms with van der Waals surface area (Å²) in [6, 6.07) is 4.88. The molecular weight excluding hydrogens is 456 g/mol. The highest BCUT2D eigenvalue weighted by Crippen LogP contribution is 2.16. The van der Waals surface area contributed by atoms with Crippen LogP contribution in [0.25, 0.3) is 5.57 Å². The van der Waals surface area contributed by atoms with Gasteiger partial charge in [0, 0.05) is 44.3 Å². The average molecular weight is 483 g/mol. The zero-order valence-electron chi connectivity index (χ0n) is 19.1. The van der Waals surface area contributed by atoms with Crippen molar-refractivity contribution in [3.63, 3.8) is 0 Å². The molecule has 0 spiro atoms. The lowest BCUT2D eigenvalue weighted by Gasteiger charge is -2.32. The van der Waals surface area contributed by atoms with Crippen molar-refractivity contribution in [2.45, 2.75) is 6.10 Å². The predicted molar refractivity (Wildman–Crippen MR) is 126 cm³/mol. The molecule has 0 aromatic carbocycles. The van der Waals surface area contributed by atoms with Crippen molar-refractivity contribution in [1.29, 1.82) is 0 Å². The summed E-state index contributed by atoms with van der Waals surface area (Å²) >= 11 is 0. The van der Waals surface area contributed by atoms with E-state index in [4.69, 9.17) is 15.2 Å². The first-order chi connectivity index (χ1) is 16.9. The van der Waals surface area contributed by atoms with Crippen molar-refractivity contribution in [3.05, 3.63) is 47.7 Å². The smallest absolute Gasteiger partial charge is 0.409 e. The largest absolute Gasteiger partial charge is 0.447 e. The molecule has 1 atom stereocenters. The van der Waals surface area contributed by atoms with E-state index in [2.05, 4.69) is 25.7 Å². The van der Waals surface area contributed by atoms with Crippen LogP contribution >= 0.6 is 0 Å². The molecule has 4 bridgehead atoms. The van der Waals surface area contributed by atoms with Crippen LogP contribution in [0.1, 0.15) is 26.7 Å². The number of nitrogens with two attached hydrogens (primary N) is 1. The summed E-state index contributed by atoms with van der Waals surface area (Å²) in [5, 5.41) is 9.62. The van der Waals surface area contributed by atoms with E-state index in [-0.39, 0.29) is 43.3 Å². The number of amides is 3. The number of ether oxygens (including phenoxy) is 2. The number of aryl methyl sites for hydroxylation is 1. The normalized spacial score (nSPS) is 21.1. The van der Waals surface area contributed by atoms with Crippen molar-refractivity contribution in [1.82, 2.24) is 25.0 Å². The van der Waals surface area contributed by atoms with Crippen LogP contribution in [0.3, 0.4) is 0 Å². The molecule has 2 aliphatic heterocycles. The highest BCUT2D eigenvalue weighted by molar-refractivity contribution is 6.10. The fourth-order valence-electron chi connectivity index (χ4n) is 3.59. The highest BCUT2D eigenvalue weighted by Gasteiger charge is 2.27. The molecule has 2 aliphatic rings. The molecule has 1 fully saturated rings. The van der Waals surface area contributed by atoms with E-state index in [0.717, 1.165) is 0 Å². The molecule has 0 aliphatic carbocycles. The number of anilines is 1. The molecule has 13 nitrogen and oxygen atoms in total. The Hall–Kier alpha value is -4.26. The third kappa shape index (κ3) is 5.81. The number of carbonyl (C=O) groups is 3. The van der Waals surface area contributed by atoms with Crippen molar-refractivity contribution in [2.24, 2.45) is 17.8 Å². The van der Waals surface area contributed by atoms with Crippen LogP contribution in [0.5, 0.6) is 0 Å². The molecular formula is C22H26N8O5. The summed E-state index contributed by atoms with van der Waals surface area (Å²) in [5.74, 6) is -1.01. The molecule has 4 rings (SSSR count). The monoisotopic (exact) mass is 482 g/mol. The lowest BCUT2D eigenvalue weighted by molar-refractivity contribution is -0.0249. The van der Waals surface area contributed by atoms with Crippen molar-refractivity contribution in [2.75, 3.05) is 44.7 Å². The van der Waals surface area contributed by atoms with Gasteiger partial charge in [-0.25, -0.2) is 9.78 Å². The van der Waals surface area contributed by atoms with E-state index < -0.39 is 24.0 Å². The lowest BCUT2D eigenvalue weighted by Crippen LogP contribution is -2.49. The third-order valence-electron chi connectivity index (χ3n) is 5.31. The van der Waals surface area contributed by atoms with E-state index >= 15 is 0 Å². The summed E-state index contributed by atoms with van der Waals surface area (Å²) in [4.78, 5) is 48.3. The maximum Gasteiger partial charge on any atom is 0.409 e. The number of carbonyl (C=O) groups excluding carboxylic acids is 3. The van der Waals surface area contributed by atoms with Gasteiger partial charge >= 0.3 is 6.09 Å². The second-order valence-corrected chi connectivity index (χ2v) is 7.85. The molecule has 4 heterocycles. The molecule has 2 aromatic rings. The minimum atomic E-state index is -0.519. The van der Waals surface area contributed by atoms with Crippen LogP contribution in [0.15, 0.2) is 35.6 Å². The van der Waals surface area contributed by atoms with E-state index in [1.165, 1.54) is 34.3 Å². The maximum absolute atomic E-state index is 12.9. The van der Waals surface area contributed by atoms with E-state index in [1.54, 1.807) is 19.2 Å². The molecule has 35 heavy (non-hydrogen) atoms. The number of aliphatic imine (C=N–C) groups is 1. The van der Waals surface area contributed by atoms with Gasteiger partial charge in [-0.3, -0.25) is 19.3 Å². The highest BCUT2D eigenvalue weighted by atomic mass is 16.6. The first kappa shape index (κ1) is 23.9. The van der Waals surface area contributed by atoms with Gasteiger partial charge in [0.15, 0.2) is 5.69 Å². The number of nitrogens with zero attached hydrogens (tertiary/aromatic N) is 5. The van der Waals surface area contributed by atoms with E-state index in [9.17, 15) is 14.4 Å². The number of hydrogen-bond acceptors (Lipinski definition) is 9. The fourth-order valence-corrected chi connectivity index (χ4v) is 3.59. The molecule has 0 radical (unpaired) electrons. The Labute approximate surface area is 201 Å². The zero-order valence-corrected chi connectivity index (χ0v) is 19.1. The molecule has 13 heteroatoms. The van der Waals surface area contributed by atoms with Gasteiger partial charge in [0.25, 0.3) is 11.8 Å². The number of pyridine rings is 1. The number of fused-ring (bicyclic) bond motifs is 5. The number of morpholine rings is 1. The Morgan fingerprint density at radius 2 is 2.00 bits per heavy atom. The Morgan fingerprint density at radius 3 is 2.83 bits per heavy atom. The molecule has 1 unspecified atom stereocenters. The van der Waals surface area contributed by atoms with Crippen molar-refractivity contribution in [3.8, 4) is 0 Å². The summed E-state index contributed by atoms with van der Waals surface area (Å²) < 4.78 is 12.4. The standard InChI is InChI=1S/C22H26N8O5/c1-29-13-18-19(28-29)21(32)25-11-15-12-30(6-8-34-15)22(33)35-7-5-24-10-14(9-23)16-3-2-4-17(26-16)20(31)27-18/h2-4,9-10,13,15H,5-8,11-12,23H2,1H3,(H,25,32)(H,27,31). The summed E-state index contributed by atoms with van der Waals surface area (Å²) in [6.45, 7) is 1.39. The second kappa shape index (κ2) is 10.8. The lowest BCUT2D eigenvalue weighted by atomic mass is 10.2. The van der Waals surface area contributed by atoms with Gasteiger partial charge in [-0.1, -0.05) is 6.07 Å². The van der Waals surface area contributed by atoms with E-state index in [1.807, 2.05) is 0 Å². The first-order valence-electron chi connectivity index (χ1n) is 11.0. The van der Waals surface area contributed by atoms with Crippen molar-refractivity contribution >= 4 is 35.4 Å². The third-order valence-corrected chi connectivity index (χ3v) is 5.31. The Balaban J connectivity index is 1.62. The minimum absolute atomic E-state index is 0.0353. The molecule has 1 saturated heterocycles. The number of allylic oxidation sites excluding steroid dienone is 1. The van der Waals surface area contributed by atoms with Gasteiger partial charge in [-0.2, -0.15) is 5.10 Å². The van der Waals surface area contributed by atoms with Gasteiger partial charge in [0.2, 0.25) is 0 Å². The van der Waals surface area contributed by atoms with Gasteiger partial charge in [-0.15, -0.1) is 0 Å². The summed E-state index contributed by atoms with van der Waals surface area (Å²) in [5.41, 5.74) is 7.03. The van der Waals surface area contributed by atoms with Crippen LogP contribution in [0.4, 0.5) is 10.5 Å².